The molecule has 1 N–H and O–H groups in total. The predicted octanol–water partition coefficient (Wildman–Crippen LogP) is 1.82. The van der Waals surface area contributed by atoms with Gasteiger partial charge in [-0.2, -0.15) is 0 Å². The van der Waals surface area contributed by atoms with Gasteiger partial charge >= 0.3 is 6.03 Å². The lowest BCUT2D eigenvalue weighted by Gasteiger charge is -2.35. The molecule has 1 saturated heterocycles. The number of benzene rings is 1. The molecule has 4 rings (SSSR count). The lowest BCUT2D eigenvalue weighted by atomic mass is 10.3. The van der Waals surface area contributed by atoms with E-state index in [1.54, 1.807) is 36.3 Å². The fraction of sp³-hybridized carbons (Fsp3) is 0.263. The molecule has 1 aliphatic rings. The maximum Gasteiger partial charge on any atom is 0.321 e. The number of nitrogens with zero attached hydrogens (tertiary/aromatic N) is 5. The second-order valence-corrected chi connectivity index (χ2v) is 6.56. The first-order valence-corrected chi connectivity index (χ1v) is 8.91. The monoisotopic (exact) mass is 382 g/mol. The van der Waals surface area contributed by atoms with E-state index < -0.39 is 5.82 Å². The van der Waals surface area contributed by atoms with Crippen LogP contribution in [0.5, 0.6) is 0 Å². The van der Waals surface area contributed by atoms with Gasteiger partial charge in [0.05, 0.1) is 0 Å². The number of anilines is 2. The molecule has 3 heterocycles. The molecule has 1 aromatic carbocycles. The van der Waals surface area contributed by atoms with Crippen molar-refractivity contribution in [1.82, 2.24) is 19.4 Å². The molecule has 3 aromatic rings. The van der Waals surface area contributed by atoms with E-state index in [1.165, 1.54) is 16.7 Å². The highest BCUT2D eigenvalue weighted by molar-refractivity contribution is 5.89. The van der Waals surface area contributed by atoms with Crippen molar-refractivity contribution >= 4 is 28.7 Å². The molecular formula is C19H19FN6O2. The standard InChI is InChI=1S/C19H19FN6O2/c1-24-16-15(6-3-7-21-16)23-17(18(24)27)25-8-10-26(11-9-25)19(28)22-14-5-2-4-13(20)12-14/h2-7,12H,8-11H2,1H3,(H,22,28). The minimum absolute atomic E-state index is 0.219. The Bertz CT molecular complexity index is 1090. The summed E-state index contributed by atoms with van der Waals surface area (Å²) in [4.78, 5) is 37.3. The van der Waals surface area contributed by atoms with Gasteiger partial charge in [-0.15, -0.1) is 0 Å². The van der Waals surface area contributed by atoms with Gasteiger partial charge in [0.1, 0.15) is 11.3 Å². The van der Waals surface area contributed by atoms with Crippen molar-refractivity contribution in [1.29, 1.82) is 0 Å². The molecule has 0 bridgehead atoms. The van der Waals surface area contributed by atoms with E-state index in [0.717, 1.165) is 0 Å². The molecule has 8 nitrogen and oxygen atoms in total. The number of halogens is 1. The summed E-state index contributed by atoms with van der Waals surface area (Å²) in [5, 5.41) is 2.69. The summed E-state index contributed by atoms with van der Waals surface area (Å²) in [5.41, 5.74) is 1.36. The smallest absolute Gasteiger partial charge is 0.321 e. The van der Waals surface area contributed by atoms with Gasteiger partial charge in [-0.25, -0.2) is 19.2 Å². The van der Waals surface area contributed by atoms with E-state index >= 15 is 0 Å². The molecule has 0 unspecified atom stereocenters. The predicted molar refractivity (Wildman–Crippen MR) is 104 cm³/mol. The van der Waals surface area contributed by atoms with Crippen molar-refractivity contribution in [2.24, 2.45) is 7.05 Å². The SMILES string of the molecule is Cn1c(=O)c(N2CCN(C(=O)Nc3cccc(F)c3)CC2)nc2cccnc21. The number of piperazine rings is 1. The van der Waals surface area contributed by atoms with Gasteiger partial charge in [-0.3, -0.25) is 9.36 Å². The zero-order chi connectivity index (χ0) is 19.7. The first-order valence-electron chi connectivity index (χ1n) is 8.91. The molecule has 0 saturated carbocycles. The minimum Gasteiger partial charge on any atom is -0.348 e. The molecule has 0 spiro atoms. The van der Waals surface area contributed by atoms with Gasteiger partial charge in [0.25, 0.3) is 5.56 Å². The van der Waals surface area contributed by atoms with Crippen molar-refractivity contribution in [3.8, 4) is 0 Å². The number of hydrogen-bond acceptors (Lipinski definition) is 5. The lowest BCUT2D eigenvalue weighted by Crippen LogP contribution is -2.51. The molecule has 0 aliphatic carbocycles. The number of rotatable bonds is 2. The summed E-state index contributed by atoms with van der Waals surface area (Å²) in [6.07, 6.45) is 1.62. The van der Waals surface area contributed by atoms with Gasteiger partial charge in [0, 0.05) is 45.1 Å². The highest BCUT2D eigenvalue weighted by Gasteiger charge is 2.24. The second kappa shape index (κ2) is 7.26. The Hall–Kier alpha value is -3.49. The van der Waals surface area contributed by atoms with Crippen LogP contribution in [-0.2, 0) is 7.05 Å². The topological polar surface area (TPSA) is 83.4 Å². The molecule has 0 atom stereocenters. The number of amides is 2. The van der Waals surface area contributed by atoms with Crippen molar-refractivity contribution in [3.63, 3.8) is 0 Å². The maximum atomic E-state index is 13.3. The zero-order valence-corrected chi connectivity index (χ0v) is 15.3. The van der Waals surface area contributed by atoms with Crippen LogP contribution >= 0.6 is 0 Å². The minimum atomic E-state index is -0.407. The van der Waals surface area contributed by atoms with Gasteiger partial charge in [-0.1, -0.05) is 6.07 Å². The van der Waals surface area contributed by atoms with E-state index in [0.29, 0.717) is 48.8 Å². The van der Waals surface area contributed by atoms with Crippen LogP contribution in [0.3, 0.4) is 0 Å². The van der Waals surface area contributed by atoms with Crippen LogP contribution in [0, 0.1) is 5.82 Å². The molecule has 144 valence electrons. The van der Waals surface area contributed by atoms with E-state index in [-0.39, 0.29) is 11.6 Å². The summed E-state index contributed by atoms with van der Waals surface area (Å²) < 4.78 is 14.8. The van der Waals surface area contributed by atoms with Crippen molar-refractivity contribution in [2.45, 2.75) is 0 Å². The molecule has 28 heavy (non-hydrogen) atoms. The normalized spacial score (nSPS) is 14.4. The Morgan fingerprint density at radius 3 is 2.68 bits per heavy atom. The summed E-state index contributed by atoms with van der Waals surface area (Å²) in [7, 11) is 1.67. The molecule has 2 aromatic heterocycles. The van der Waals surface area contributed by atoms with Crippen molar-refractivity contribution in [2.75, 3.05) is 36.4 Å². The quantitative estimate of drug-likeness (QED) is 0.731. The fourth-order valence-corrected chi connectivity index (χ4v) is 3.24. The van der Waals surface area contributed by atoms with E-state index in [1.807, 2.05) is 11.0 Å². The van der Waals surface area contributed by atoms with Crippen LogP contribution in [0.25, 0.3) is 11.2 Å². The Kier molecular flexibility index (Phi) is 4.64. The Morgan fingerprint density at radius 2 is 1.93 bits per heavy atom. The van der Waals surface area contributed by atoms with Crippen molar-refractivity contribution in [3.05, 3.63) is 58.8 Å². The maximum absolute atomic E-state index is 13.3. The first-order chi connectivity index (χ1) is 13.5. The van der Waals surface area contributed by atoms with Crippen LogP contribution in [0.4, 0.5) is 20.7 Å². The fourth-order valence-electron chi connectivity index (χ4n) is 3.24. The molecule has 0 radical (unpaired) electrons. The van der Waals surface area contributed by atoms with Crippen LogP contribution in [0.2, 0.25) is 0 Å². The summed E-state index contributed by atoms with van der Waals surface area (Å²) >= 11 is 0. The van der Waals surface area contributed by atoms with Crippen LogP contribution < -0.4 is 15.8 Å². The summed E-state index contributed by atoms with van der Waals surface area (Å²) in [6, 6.07) is 9.05. The average molecular weight is 382 g/mol. The van der Waals surface area contributed by atoms with E-state index in [9.17, 15) is 14.0 Å². The van der Waals surface area contributed by atoms with E-state index in [2.05, 4.69) is 15.3 Å². The van der Waals surface area contributed by atoms with E-state index in [4.69, 9.17) is 0 Å². The second-order valence-electron chi connectivity index (χ2n) is 6.56. The van der Waals surface area contributed by atoms with Crippen molar-refractivity contribution < 1.29 is 9.18 Å². The van der Waals surface area contributed by atoms with Gasteiger partial charge < -0.3 is 15.1 Å². The number of aryl methyl sites for hydroxylation is 1. The van der Waals surface area contributed by atoms with Crippen LogP contribution in [-0.4, -0.2) is 51.6 Å². The number of carbonyl (C=O) groups excluding carboxylic acids is 1. The summed E-state index contributed by atoms with van der Waals surface area (Å²) in [5.74, 6) is -0.0523. The number of fused-ring (bicyclic) bond motifs is 1. The number of carbonyl (C=O) groups is 1. The third kappa shape index (κ3) is 3.38. The molecule has 1 fully saturated rings. The third-order valence-corrected chi connectivity index (χ3v) is 4.75. The number of hydrogen-bond donors (Lipinski definition) is 1. The van der Waals surface area contributed by atoms with Crippen LogP contribution in [0.15, 0.2) is 47.4 Å². The Morgan fingerprint density at radius 1 is 1.14 bits per heavy atom. The first kappa shape index (κ1) is 17.9. The highest BCUT2D eigenvalue weighted by atomic mass is 19.1. The largest absolute Gasteiger partial charge is 0.348 e. The number of aromatic nitrogens is 3. The molecule has 2 amide bonds. The highest BCUT2D eigenvalue weighted by Crippen LogP contribution is 2.15. The Labute approximate surface area is 160 Å². The number of urea groups is 1. The van der Waals surface area contributed by atoms with Gasteiger partial charge in [0.15, 0.2) is 11.5 Å². The molecular weight excluding hydrogens is 363 g/mol. The van der Waals surface area contributed by atoms with Gasteiger partial charge in [-0.05, 0) is 30.3 Å². The molecule has 1 aliphatic heterocycles. The summed E-state index contributed by atoms with van der Waals surface area (Å²) in [6.45, 7) is 1.81. The van der Waals surface area contributed by atoms with Gasteiger partial charge in [0.2, 0.25) is 0 Å². The number of pyridine rings is 1. The lowest BCUT2D eigenvalue weighted by molar-refractivity contribution is 0.208. The molecule has 9 heteroatoms. The zero-order valence-electron chi connectivity index (χ0n) is 15.3. The number of nitrogens with one attached hydrogen (secondary N) is 1. The third-order valence-electron chi connectivity index (χ3n) is 4.75. The Balaban J connectivity index is 1.47. The van der Waals surface area contributed by atoms with Crippen LogP contribution in [0.1, 0.15) is 0 Å². The average Bonchev–Trinajstić information content (AvgIpc) is 2.71.